The van der Waals surface area contributed by atoms with Crippen LogP contribution in [0.1, 0.15) is 32.4 Å². The van der Waals surface area contributed by atoms with Crippen molar-refractivity contribution in [2.24, 2.45) is 0 Å². The van der Waals surface area contributed by atoms with Gasteiger partial charge in [0.1, 0.15) is 17.2 Å². The van der Waals surface area contributed by atoms with Crippen molar-refractivity contribution in [3.8, 4) is 0 Å². The van der Waals surface area contributed by atoms with Gasteiger partial charge in [0.2, 0.25) is 5.95 Å². The van der Waals surface area contributed by atoms with Crippen LogP contribution in [0.3, 0.4) is 0 Å². The lowest BCUT2D eigenvalue weighted by Crippen LogP contribution is -2.37. The van der Waals surface area contributed by atoms with Gasteiger partial charge in [0.25, 0.3) is 0 Å². The second-order valence-electron chi connectivity index (χ2n) is 8.13. The zero-order valence-electron chi connectivity index (χ0n) is 16.8. The lowest BCUT2D eigenvalue weighted by Gasteiger charge is -2.23. The standard InChI is InChI=1S/C16H22B2BrN9O/c1-15(2,28-21-5-6-22-28)11-7-12(27(26-11)16(17,18)29)24-14-20-8-10(19)13(25-14)23-9-3-4-9/h5-9,29H,3-4,17-18H2,1-2H3,(H2,20,23,24,25). The van der Waals surface area contributed by atoms with Gasteiger partial charge in [-0.1, -0.05) is 0 Å². The Morgan fingerprint density at radius 3 is 2.55 bits per heavy atom. The van der Waals surface area contributed by atoms with Crippen molar-refractivity contribution in [3.63, 3.8) is 0 Å². The number of nitrogens with zero attached hydrogens (tertiary/aromatic N) is 7. The largest absolute Gasteiger partial charge is 0.386 e. The van der Waals surface area contributed by atoms with Gasteiger partial charge in [-0.15, -0.1) is 0 Å². The predicted molar refractivity (Wildman–Crippen MR) is 118 cm³/mol. The highest BCUT2D eigenvalue weighted by Gasteiger charge is 2.32. The van der Waals surface area contributed by atoms with E-state index in [-0.39, 0.29) is 0 Å². The molecule has 3 aromatic heterocycles. The summed E-state index contributed by atoms with van der Waals surface area (Å²) in [5.74, 6) is 1.70. The van der Waals surface area contributed by atoms with E-state index in [0.717, 1.165) is 23.1 Å². The molecule has 0 spiro atoms. The average molecular weight is 458 g/mol. The SMILES string of the molecule is BC(B)(O)n1nc(C(C)(C)n2nccn2)cc1Nc1ncc(Br)c(NC2CC2)n1. The molecule has 4 rings (SSSR count). The van der Waals surface area contributed by atoms with E-state index in [1.807, 2.05) is 19.9 Å². The molecule has 1 aliphatic rings. The molecular weight excluding hydrogens is 436 g/mol. The smallest absolute Gasteiger partial charge is 0.230 e. The van der Waals surface area contributed by atoms with Gasteiger partial charge in [-0.3, -0.25) is 0 Å². The fourth-order valence-electron chi connectivity index (χ4n) is 2.86. The summed E-state index contributed by atoms with van der Waals surface area (Å²) in [6.45, 7) is 3.92. The van der Waals surface area contributed by atoms with Crippen LogP contribution in [0.25, 0.3) is 0 Å². The summed E-state index contributed by atoms with van der Waals surface area (Å²) in [5.41, 5.74) is -1.17. The quantitative estimate of drug-likeness (QED) is 0.423. The molecule has 0 amide bonds. The van der Waals surface area contributed by atoms with Crippen LogP contribution in [0.4, 0.5) is 17.6 Å². The van der Waals surface area contributed by atoms with Gasteiger partial charge in [0, 0.05) is 18.3 Å². The molecule has 1 fully saturated rings. The lowest BCUT2D eigenvalue weighted by atomic mass is 9.73. The van der Waals surface area contributed by atoms with E-state index in [1.165, 1.54) is 4.68 Å². The Hall–Kier alpha value is -2.40. The molecule has 29 heavy (non-hydrogen) atoms. The minimum atomic E-state index is -1.24. The van der Waals surface area contributed by atoms with E-state index >= 15 is 0 Å². The summed E-state index contributed by atoms with van der Waals surface area (Å²) in [6, 6.07) is 2.31. The highest BCUT2D eigenvalue weighted by molar-refractivity contribution is 9.10. The summed E-state index contributed by atoms with van der Waals surface area (Å²) >= 11 is 3.48. The molecule has 0 saturated heterocycles. The van der Waals surface area contributed by atoms with Gasteiger partial charge >= 0.3 is 0 Å². The summed E-state index contributed by atoms with van der Waals surface area (Å²) in [5, 5.41) is 30.3. The number of halogens is 1. The molecule has 13 heteroatoms. The Kier molecular flexibility index (Phi) is 4.89. The topological polar surface area (TPSA) is 119 Å². The van der Waals surface area contributed by atoms with Crippen LogP contribution in [-0.2, 0) is 11.1 Å². The van der Waals surface area contributed by atoms with Crippen LogP contribution < -0.4 is 10.6 Å². The number of aromatic nitrogens is 7. The third-order valence-corrected chi connectivity index (χ3v) is 5.26. The molecule has 0 bridgehead atoms. The Bertz CT molecular complexity index is 1010. The molecule has 150 valence electrons. The Balaban J connectivity index is 1.69. The molecule has 0 radical (unpaired) electrons. The van der Waals surface area contributed by atoms with Crippen LogP contribution in [0.2, 0.25) is 0 Å². The molecule has 3 aromatic rings. The summed E-state index contributed by atoms with van der Waals surface area (Å²) < 4.78 is 2.31. The third-order valence-electron chi connectivity index (χ3n) is 4.68. The van der Waals surface area contributed by atoms with Gasteiger partial charge in [-0.2, -0.15) is 25.1 Å². The summed E-state index contributed by atoms with van der Waals surface area (Å²) in [4.78, 5) is 10.5. The number of nitrogens with one attached hydrogen (secondary N) is 2. The zero-order valence-corrected chi connectivity index (χ0v) is 18.3. The molecule has 0 unspecified atom stereocenters. The van der Waals surface area contributed by atoms with Crippen LogP contribution >= 0.6 is 15.9 Å². The first-order chi connectivity index (χ1) is 13.6. The fraction of sp³-hybridized carbons (Fsp3) is 0.438. The number of rotatable bonds is 7. The van der Waals surface area contributed by atoms with Gasteiger partial charge in [0.05, 0.1) is 28.1 Å². The van der Waals surface area contributed by atoms with E-state index in [4.69, 9.17) is 0 Å². The summed E-state index contributed by atoms with van der Waals surface area (Å²) in [6.07, 6.45) is 7.23. The predicted octanol–water partition coefficient (Wildman–Crippen LogP) is -0.0453. The zero-order chi connectivity index (χ0) is 20.8. The van der Waals surface area contributed by atoms with Crippen molar-refractivity contribution < 1.29 is 5.11 Å². The highest BCUT2D eigenvalue weighted by Crippen LogP contribution is 2.31. The second kappa shape index (κ2) is 7.13. The number of aliphatic hydroxyl groups is 1. The first kappa shape index (κ1) is 19.9. The van der Waals surface area contributed by atoms with Crippen molar-refractivity contribution in [2.45, 2.75) is 43.8 Å². The Morgan fingerprint density at radius 2 is 1.93 bits per heavy atom. The van der Waals surface area contributed by atoms with Crippen LogP contribution in [0.5, 0.6) is 0 Å². The molecular formula is C16H22B2BrN9O. The number of hydrogen-bond donors (Lipinski definition) is 3. The Labute approximate surface area is 178 Å². The van der Waals surface area contributed by atoms with Crippen LogP contribution in [-0.4, -0.2) is 61.6 Å². The maximum absolute atomic E-state index is 10.6. The van der Waals surface area contributed by atoms with Crippen molar-refractivity contribution >= 4 is 49.2 Å². The minimum absolute atomic E-state index is 0.406. The van der Waals surface area contributed by atoms with E-state index in [1.54, 1.807) is 39.1 Å². The molecule has 0 atom stereocenters. The molecule has 0 aromatic carbocycles. The first-order valence-corrected chi connectivity index (χ1v) is 10.2. The monoisotopic (exact) mass is 457 g/mol. The van der Waals surface area contributed by atoms with Gasteiger partial charge in [-0.25, -0.2) is 9.67 Å². The van der Waals surface area contributed by atoms with Crippen molar-refractivity contribution in [3.05, 3.63) is 34.8 Å². The minimum Gasteiger partial charge on any atom is -0.386 e. The average Bonchev–Trinajstić information content (AvgIpc) is 3.11. The van der Waals surface area contributed by atoms with E-state index < -0.39 is 11.1 Å². The van der Waals surface area contributed by atoms with Gasteiger partial charge < -0.3 is 15.7 Å². The van der Waals surface area contributed by atoms with E-state index in [0.29, 0.717) is 23.5 Å². The normalized spacial score (nSPS) is 14.8. The second-order valence-corrected chi connectivity index (χ2v) is 8.99. The maximum atomic E-state index is 10.6. The molecule has 1 saturated carbocycles. The third kappa shape index (κ3) is 4.15. The highest BCUT2D eigenvalue weighted by atomic mass is 79.9. The first-order valence-electron chi connectivity index (χ1n) is 9.41. The molecule has 10 nitrogen and oxygen atoms in total. The number of hydrogen-bond acceptors (Lipinski definition) is 8. The molecule has 1 aliphatic carbocycles. The number of anilines is 3. The van der Waals surface area contributed by atoms with Gasteiger partial charge in [0.15, 0.2) is 15.7 Å². The molecule has 3 N–H and O–H groups in total. The van der Waals surface area contributed by atoms with Crippen molar-refractivity contribution in [1.29, 1.82) is 0 Å². The Morgan fingerprint density at radius 1 is 1.24 bits per heavy atom. The summed E-state index contributed by atoms with van der Waals surface area (Å²) in [7, 11) is 3.33. The molecule has 0 aliphatic heterocycles. The van der Waals surface area contributed by atoms with Crippen LogP contribution in [0, 0.1) is 0 Å². The van der Waals surface area contributed by atoms with E-state index in [9.17, 15) is 5.11 Å². The van der Waals surface area contributed by atoms with Gasteiger partial charge in [-0.05, 0) is 42.6 Å². The lowest BCUT2D eigenvalue weighted by molar-refractivity contribution is 0.127. The van der Waals surface area contributed by atoms with Crippen molar-refractivity contribution in [1.82, 2.24) is 34.7 Å². The van der Waals surface area contributed by atoms with Crippen molar-refractivity contribution in [2.75, 3.05) is 10.6 Å². The van der Waals surface area contributed by atoms with E-state index in [2.05, 4.69) is 51.8 Å². The maximum Gasteiger partial charge on any atom is 0.230 e. The van der Waals surface area contributed by atoms with Crippen LogP contribution in [0.15, 0.2) is 29.1 Å². The fourth-order valence-corrected chi connectivity index (χ4v) is 3.16. The molecule has 3 heterocycles.